The number of ether oxygens (including phenoxy) is 1. The van der Waals surface area contributed by atoms with Gasteiger partial charge in [-0.3, -0.25) is 9.59 Å². The molecule has 6 nitrogen and oxygen atoms in total. The van der Waals surface area contributed by atoms with Gasteiger partial charge < -0.3 is 15.4 Å². The number of para-hydroxylation sites is 1. The molecule has 134 valence electrons. The van der Waals surface area contributed by atoms with E-state index in [0.717, 1.165) is 5.69 Å². The van der Waals surface area contributed by atoms with E-state index in [2.05, 4.69) is 15.6 Å². The maximum absolute atomic E-state index is 12.3. The molecule has 2 amide bonds. The molecule has 7 heteroatoms. The van der Waals surface area contributed by atoms with Crippen LogP contribution in [0, 0.1) is 0 Å². The van der Waals surface area contributed by atoms with Crippen molar-refractivity contribution in [3.63, 3.8) is 0 Å². The van der Waals surface area contributed by atoms with Gasteiger partial charge in [0.1, 0.15) is 11.0 Å². The summed E-state index contributed by atoms with van der Waals surface area (Å²) in [6, 6.07) is 16.5. The fourth-order valence-corrected chi connectivity index (χ4v) is 3.41. The first-order chi connectivity index (χ1) is 12.6. The monoisotopic (exact) mass is 369 g/mol. The number of anilines is 1. The van der Waals surface area contributed by atoms with Crippen molar-refractivity contribution in [1.29, 1.82) is 0 Å². The largest absolute Gasteiger partial charge is 0.494 e. The molecule has 2 N–H and O–H groups in total. The number of nitrogens with one attached hydrogen (secondary N) is 2. The Bertz CT molecular complexity index is 824. The molecule has 2 aromatic carbocycles. The summed E-state index contributed by atoms with van der Waals surface area (Å²) in [5.41, 5.74) is 1.40. The van der Waals surface area contributed by atoms with Crippen molar-refractivity contribution < 1.29 is 14.3 Å². The lowest BCUT2D eigenvalue weighted by Crippen LogP contribution is -2.28. The molecular formula is C19H19N3O3S. The molecule has 0 unspecified atom stereocenters. The van der Waals surface area contributed by atoms with Crippen molar-refractivity contribution in [3.8, 4) is 5.75 Å². The number of benzene rings is 2. The van der Waals surface area contributed by atoms with E-state index in [-0.39, 0.29) is 18.2 Å². The van der Waals surface area contributed by atoms with E-state index in [1.807, 2.05) is 49.4 Å². The number of amides is 2. The molecule has 1 saturated heterocycles. The molecule has 0 aromatic heterocycles. The highest BCUT2D eigenvalue weighted by atomic mass is 32.2. The second-order valence-corrected chi connectivity index (χ2v) is 6.75. The van der Waals surface area contributed by atoms with Crippen LogP contribution in [-0.2, 0) is 9.59 Å². The van der Waals surface area contributed by atoms with Gasteiger partial charge in [-0.05, 0) is 31.2 Å². The molecule has 1 fully saturated rings. The van der Waals surface area contributed by atoms with Gasteiger partial charge in [-0.2, -0.15) is 0 Å². The Morgan fingerprint density at radius 3 is 2.81 bits per heavy atom. The molecule has 0 saturated carbocycles. The van der Waals surface area contributed by atoms with Gasteiger partial charge in [-0.25, -0.2) is 4.99 Å². The first-order valence-corrected chi connectivity index (χ1v) is 9.16. The minimum absolute atomic E-state index is 0.0726. The third-order valence-electron chi connectivity index (χ3n) is 3.56. The highest BCUT2D eigenvalue weighted by Crippen LogP contribution is 2.26. The number of rotatable bonds is 6. The van der Waals surface area contributed by atoms with Crippen LogP contribution < -0.4 is 15.4 Å². The zero-order valence-corrected chi connectivity index (χ0v) is 15.1. The fourth-order valence-electron chi connectivity index (χ4n) is 2.42. The lowest BCUT2D eigenvalue weighted by molar-refractivity contribution is -0.122. The van der Waals surface area contributed by atoms with Crippen LogP contribution in [0.15, 0.2) is 59.6 Å². The molecule has 0 aliphatic carbocycles. The summed E-state index contributed by atoms with van der Waals surface area (Å²) in [5.74, 6) is 0.255. The van der Waals surface area contributed by atoms with Crippen LogP contribution in [0.25, 0.3) is 0 Å². The molecule has 0 bridgehead atoms. The summed E-state index contributed by atoms with van der Waals surface area (Å²) in [7, 11) is 0. The smallest absolute Gasteiger partial charge is 0.240 e. The molecular weight excluding hydrogens is 350 g/mol. The lowest BCUT2D eigenvalue weighted by Gasteiger charge is -2.09. The molecule has 1 atom stereocenters. The van der Waals surface area contributed by atoms with E-state index in [4.69, 9.17) is 4.74 Å². The van der Waals surface area contributed by atoms with Crippen LogP contribution in [0.2, 0.25) is 0 Å². The van der Waals surface area contributed by atoms with Crippen molar-refractivity contribution in [2.24, 2.45) is 4.99 Å². The SMILES string of the molecule is CCOc1cccc(NC(=O)C[C@@H]2SC(=Nc3ccccc3)NC2=O)c1. The summed E-state index contributed by atoms with van der Waals surface area (Å²) < 4.78 is 5.41. The van der Waals surface area contributed by atoms with E-state index in [1.54, 1.807) is 12.1 Å². The molecule has 0 radical (unpaired) electrons. The van der Waals surface area contributed by atoms with E-state index in [9.17, 15) is 9.59 Å². The van der Waals surface area contributed by atoms with Crippen LogP contribution >= 0.6 is 11.8 Å². The van der Waals surface area contributed by atoms with Crippen LogP contribution in [0.5, 0.6) is 5.75 Å². The number of carbonyl (C=O) groups excluding carboxylic acids is 2. The second-order valence-electron chi connectivity index (χ2n) is 5.56. The van der Waals surface area contributed by atoms with Gasteiger partial charge in [0.15, 0.2) is 5.17 Å². The minimum Gasteiger partial charge on any atom is -0.494 e. The summed E-state index contributed by atoms with van der Waals surface area (Å²) >= 11 is 1.27. The van der Waals surface area contributed by atoms with Gasteiger partial charge >= 0.3 is 0 Å². The number of hydrogen-bond donors (Lipinski definition) is 2. The molecule has 1 aliphatic heterocycles. The number of hydrogen-bond acceptors (Lipinski definition) is 5. The first kappa shape index (κ1) is 18.0. The number of carbonyl (C=O) groups is 2. The Labute approximate surface area is 156 Å². The van der Waals surface area contributed by atoms with Crippen molar-refractivity contribution in [2.75, 3.05) is 11.9 Å². The third kappa shape index (κ3) is 4.86. The average Bonchev–Trinajstić information content (AvgIpc) is 2.95. The van der Waals surface area contributed by atoms with E-state index < -0.39 is 5.25 Å². The summed E-state index contributed by atoms with van der Waals surface area (Å²) in [6.07, 6.45) is 0.0726. The fraction of sp³-hybridized carbons (Fsp3) is 0.211. The standard InChI is InChI=1S/C19H19N3O3S/c1-2-25-15-10-6-9-14(11-15)20-17(23)12-16-18(24)22-19(26-16)21-13-7-4-3-5-8-13/h3-11,16H,2,12H2,1H3,(H,20,23)(H,21,22,24)/t16-/m0/s1. The minimum atomic E-state index is -0.493. The number of thioether (sulfide) groups is 1. The molecule has 3 rings (SSSR count). The number of nitrogens with zero attached hydrogens (tertiary/aromatic N) is 1. The zero-order chi connectivity index (χ0) is 18.4. The summed E-state index contributed by atoms with van der Waals surface area (Å²) in [5, 5.41) is 5.54. The average molecular weight is 369 g/mol. The van der Waals surface area contributed by atoms with Crippen LogP contribution in [0.1, 0.15) is 13.3 Å². The van der Waals surface area contributed by atoms with Crippen molar-refractivity contribution in [3.05, 3.63) is 54.6 Å². The van der Waals surface area contributed by atoms with Crippen LogP contribution in [-0.4, -0.2) is 28.8 Å². The predicted molar refractivity (Wildman–Crippen MR) is 104 cm³/mol. The highest BCUT2D eigenvalue weighted by molar-refractivity contribution is 8.15. The Kier molecular flexibility index (Phi) is 5.91. The van der Waals surface area contributed by atoms with Crippen LogP contribution in [0.3, 0.4) is 0 Å². The van der Waals surface area contributed by atoms with Crippen molar-refractivity contribution in [1.82, 2.24) is 5.32 Å². The molecule has 2 aromatic rings. The topological polar surface area (TPSA) is 79.8 Å². The quantitative estimate of drug-likeness (QED) is 0.818. The summed E-state index contributed by atoms with van der Waals surface area (Å²) in [6.45, 7) is 2.45. The van der Waals surface area contributed by atoms with Gasteiger partial charge in [-0.15, -0.1) is 0 Å². The van der Waals surface area contributed by atoms with Gasteiger partial charge in [-0.1, -0.05) is 36.0 Å². The van der Waals surface area contributed by atoms with E-state index in [0.29, 0.717) is 23.2 Å². The second kappa shape index (κ2) is 8.53. The maximum Gasteiger partial charge on any atom is 0.240 e. The van der Waals surface area contributed by atoms with Crippen molar-refractivity contribution in [2.45, 2.75) is 18.6 Å². The Balaban J connectivity index is 1.58. The summed E-state index contributed by atoms with van der Waals surface area (Å²) in [4.78, 5) is 28.7. The van der Waals surface area contributed by atoms with Gasteiger partial charge in [0.2, 0.25) is 11.8 Å². The Hall–Kier alpha value is -2.80. The molecule has 0 spiro atoms. The number of amidine groups is 1. The highest BCUT2D eigenvalue weighted by Gasteiger charge is 2.32. The van der Waals surface area contributed by atoms with Gasteiger partial charge in [0.05, 0.1) is 12.3 Å². The molecule has 1 heterocycles. The lowest BCUT2D eigenvalue weighted by atomic mass is 10.2. The van der Waals surface area contributed by atoms with Gasteiger partial charge in [0.25, 0.3) is 0 Å². The number of aliphatic imine (C=N–C) groups is 1. The van der Waals surface area contributed by atoms with Crippen molar-refractivity contribution >= 4 is 40.1 Å². The normalized spacial score (nSPS) is 17.8. The Morgan fingerprint density at radius 1 is 1.23 bits per heavy atom. The maximum atomic E-state index is 12.3. The first-order valence-electron chi connectivity index (χ1n) is 8.28. The Morgan fingerprint density at radius 2 is 2.04 bits per heavy atom. The van der Waals surface area contributed by atoms with Crippen LogP contribution in [0.4, 0.5) is 11.4 Å². The zero-order valence-electron chi connectivity index (χ0n) is 14.3. The molecule has 1 aliphatic rings. The third-order valence-corrected chi connectivity index (χ3v) is 4.64. The predicted octanol–water partition coefficient (Wildman–Crippen LogP) is 3.33. The van der Waals surface area contributed by atoms with Gasteiger partial charge in [0, 0.05) is 18.2 Å². The molecule has 26 heavy (non-hydrogen) atoms. The van der Waals surface area contributed by atoms with E-state index in [1.165, 1.54) is 11.8 Å². The van der Waals surface area contributed by atoms with E-state index >= 15 is 0 Å².